The number of likely N-dealkylation sites (tertiary alicyclic amines) is 1. The van der Waals surface area contributed by atoms with Crippen molar-refractivity contribution in [2.45, 2.75) is 43.8 Å². The average Bonchev–Trinajstić information content (AvgIpc) is 3.18. The molecule has 0 aromatic heterocycles. The Morgan fingerprint density at radius 2 is 1.91 bits per heavy atom. The summed E-state index contributed by atoms with van der Waals surface area (Å²) < 4.78 is 23.6. The highest BCUT2D eigenvalue weighted by Gasteiger charge is 2.43. The molecule has 1 atom stereocenters. The Bertz CT molecular complexity index is 935. The molecule has 2 saturated heterocycles. The molecular weight excluding hydrogens is 461 g/mol. The molecule has 2 aromatic rings. The maximum atomic E-state index is 6.26. The zero-order valence-electron chi connectivity index (χ0n) is 18.9. The van der Waals surface area contributed by atoms with Crippen LogP contribution in [0.2, 0.25) is 10.0 Å². The van der Waals surface area contributed by atoms with Crippen molar-refractivity contribution in [3.8, 4) is 11.5 Å². The van der Waals surface area contributed by atoms with Crippen LogP contribution in [-0.2, 0) is 21.5 Å². The Labute approximate surface area is 205 Å². The van der Waals surface area contributed by atoms with Crippen molar-refractivity contribution in [3.05, 3.63) is 57.6 Å². The third kappa shape index (κ3) is 5.28. The van der Waals surface area contributed by atoms with Gasteiger partial charge in [-0.3, -0.25) is 0 Å². The molecule has 2 aromatic carbocycles. The molecule has 3 aliphatic heterocycles. The van der Waals surface area contributed by atoms with Gasteiger partial charge in [-0.2, -0.15) is 0 Å². The quantitative estimate of drug-likeness (QED) is 0.511. The van der Waals surface area contributed by atoms with Crippen LogP contribution in [-0.4, -0.2) is 57.1 Å². The maximum absolute atomic E-state index is 6.26. The van der Waals surface area contributed by atoms with Gasteiger partial charge >= 0.3 is 0 Å². The van der Waals surface area contributed by atoms with E-state index >= 15 is 0 Å². The summed E-state index contributed by atoms with van der Waals surface area (Å²) in [4.78, 5) is 2.51. The summed E-state index contributed by atoms with van der Waals surface area (Å²) >= 11 is 12.5. The van der Waals surface area contributed by atoms with Gasteiger partial charge in [0.2, 0.25) is 0 Å². The fraction of sp³-hybridized carbons (Fsp3) is 0.538. The Morgan fingerprint density at radius 1 is 1.09 bits per heavy atom. The Balaban J connectivity index is 1.14. The number of benzene rings is 2. The van der Waals surface area contributed by atoms with Crippen molar-refractivity contribution in [2.24, 2.45) is 0 Å². The lowest BCUT2D eigenvalue weighted by Gasteiger charge is -2.38. The molecule has 0 aliphatic carbocycles. The summed E-state index contributed by atoms with van der Waals surface area (Å²) in [6.07, 6.45) is 4.70. The third-order valence-corrected chi connectivity index (χ3v) is 7.87. The second-order valence-electron chi connectivity index (χ2n) is 9.27. The van der Waals surface area contributed by atoms with Gasteiger partial charge in [-0.15, -0.1) is 0 Å². The fourth-order valence-electron chi connectivity index (χ4n) is 5.08. The molecule has 1 spiro atoms. The van der Waals surface area contributed by atoms with E-state index in [1.807, 2.05) is 30.3 Å². The van der Waals surface area contributed by atoms with Crippen LogP contribution in [0.15, 0.2) is 36.4 Å². The van der Waals surface area contributed by atoms with Crippen LogP contribution < -0.4 is 9.47 Å². The molecule has 0 saturated carbocycles. The van der Waals surface area contributed by atoms with Crippen molar-refractivity contribution in [3.63, 3.8) is 0 Å². The Morgan fingerprint density at radius 3 is 2.67 bits per heavy atom. The Hall–Kier alpha value is -1.50. The molecule has 0 bridgehead atoms. The maximum Gasteiger partial charge on any atom is 0.126 e. The standard InChI is InChI=1S/C26H31Cl2NO4/c27-23-4-1-5-24(28)21(23)17-32-19-6-7-22-25(15-19)33-18-26(22)8-10-29(11-9-26)12-14-31-20-3-2-13-30-16-20/h1,4-7,15,20H,2-3,8-14,16-18H2. The SMILES string of the molecule is Clc1cccc(Cl)c1COc1ccc2c(c1)OCC21CCN(CCOC2CCCOC2)CC1. The molecule has 178 valence electrons. The fourth-order valence-corrected chi connectivity index (χ4v) is 5.59. The molecule has 5 rings (SSSR count). The first kappa shape index (κ1) is 23.3. The zero-order chi connectivity index (χ0) is 22.7. The van der Waals surface area contributed by atoms with E-state index in [1.54, 1.807) is 0 Å². The van der Waals surface area contributed by atoms with Crippen molar-refractivity contribution >= 4 is 23.2 Å². The second-order valence-corrected chi connectivity index (χ2v) is 10.1. The molecule has 7 heteroatoms. The van der Waals surface area contributed by atoms with E-state index in [2.05, 4.69) is 11.0 Å². The van der Waals surface area contributed by atoms with Crippen LogP contribution in [0.1, 0.15) is 36.8 Å². The van der Waals surface area contributed by atoms with E-state index in [9.17, 15) is 0 Å². The molecule has 33 heavy (non-hydrogen) atoms. The minimum absolute atomic E-state index is 0.106. The van der Waals surface area contributed by atoms with Crippen LogP contribution in [0.3, 0.4) is 0 Å². The minimum atomic E-state index is 0.106. The number of hydrogen-bond donors (Lipinski definition) is 0. The molecule has 1 unspecified atom stereocenters. The monoisotopic (exact) mass is 491 g/mol. The van der Waals surface area contributed by atoms with Crippen LogP contribution in [0.25, 0.3) is 0 Å². The number of piperidine rings is 1. The summed E-state index contributed by atoms with van der Waals surface area (Å²) in [5, 5.41) is 1.23. The van der Waals surface area contributed by atoms with E-state index in [0.717, 1.165) is 88.8 Å². The number of rotatable bonds is 7. The Kier molecular flexibility index (Phi) is 7.33. The summed E-state index contributed by atoms with van der Waals surface area (Å²) in [7, 11) is 0. The van der Waals surface area contributed by atoms with E-state index < -0.39 is 0 Å². The molecule has 3 aliphatic rings. The summed E-state index contributed by atoms with van der Waals surface area (Å²) in [5.74, 6) is 1.70. The lowest BCUT2D eigenvalue weighted by atomic mass is 9.74. The molecule has 2 fully saturated rings. The highest BCUT2D eigenvalue weighted by atomic mass is 35.5. The molecular formula is C26H31Cl2NO4. The van der Waals surface area contributed by atoms with Gasteiger partial charge in [-0.25, -0.2) is 0 Å². The minimum Gasteiger partial charge on any atom is -0.492 e. The molecule has 3 heterocycles. The molecule has 0 radical (unpaired) electrons. The van der Waals surface area contributed by atoms with Gasteiger partial charge in [0.15, 0.2) is 0 Å². The molecule has 5 nitrogen and oxygen atoms in total. The van der Waals surface area contributed by atoms with Crippen LogP contribution in [0.5, 0.6) is 11.5 Å². The summed E-state index contributed by atoms with van der Waals surface area (Å²) in [5.41, 5.74) is 2.21. The highest BCUT2D eigenvalue weighted by Crippen LogP contribution is 2.46. The lowest BCUT2D eigenvalue weighted by Crippen LogP contribution is -2.44. The van der Waals surface area contributed by atoms with Gasteiger partial charge in [-0.05, 0) is 57.0 Å². The van der Waals surface area contributed by atoms with E-state index in [1.165, 1.54) is 5.56 Å². The van der Waals surface area contributed by atoms with E-state index in [0.29, 0.717) is 16.7 Å². The van der Waals surface area contributed by atoms with Gasteiger partial charge in [0, 0.05) is 45.8 Å². The van der Waals surface area contributed by atoms with Gasteiger partial charge < -0.3 is 23.8 Å². The predicted molar refractivity (Wildman–Crippen MR) is 130 cm³/mol. The van der Waals surface area contributed by atoms with Gasteiger partial charge in [0.25, 0.3) is 0 Å². The smallest absolute Gasteiger partial charge is 0.126 e. The number of hydrogen-bond acceptors (Lipinski definition) is 5. The number of fused-ring (bicyclic) bond motifs is 2. The van der Waals surface area contributed by atoms with Crippen LogP contribution in [0, 0.1) is 0 Å². The predicted octanol–water partition coefficient (Wildman–Crippen LogP) is 5.49. The van der Waals surface area contributed by atoms with Crippen molar-refractivity contribution in [1.82, 2.24) is 4.90 Å². The van der Waals surface area contributed by atoms with Crippen molar-refractivity contribution in [1.29, 1.82) is 0 Å². The highest BCUT2D eigenvalue weighted by molar-refractivity contribution is 6.35. The third-order valence-electron chi connectivity index (χ3n) is 7.17. The second kappa shape index (κ2) is 10.4. The van der Waals surface area contributed by atoms with Crippen LogP contribution in [0.4, 0.5) is 0 Å². The van der Waals surface area contributed by atoms with Gasteiger partial charge in [0.1, 0.15) is 18.1 Å². The van der Waals surface area contributed by atoms with Crippen molar-refractivity contribution < 1.29 is 18.9 Å². The van der Waals surface area contributed by atoms with Gasteiger partial charge in [-0.1, -0.05) is 35.3 Å². The van der Waals surface area contributed by atoms with Gasteiger partial charge in [0.05, 0.1) is 25.9 Å². The van der Waals surface area contributed by atoms with E-state index in [4.69, 9.17) is 42.1 Å². The summed E-state index contributed by atoms with van der Waals surface area (Å²) in [6.45, 7) is 6.59. The summed E-state index contributed by atoms with van der Waals surface area (Å²) in [6, 6.07) is 11.7. The molecule has 0 amide bonds. The zero-order valence-corrected chi connectivity index (χ0v) is 20.4. The first-order valence-electron chi connectivity index (χ1n) is 11.9. The van der Waals surface area contributed by atoms with Crippen molar-refractivity contribution in [2.75, 3.05) is 46.1 Å². The first-order chi connectivity index (χ1) is 16.1. The number of ether oxygens (including phenoxy) is 4. The average molecular weight is 492 g/mol. The number of halogens is 2. The normalized spacial score (nSPS) is 22.2. The van der Waals surface area contributed by atoms with E-state index in [-0.39, 0.29) is 11.5 Å². The van der Waals surface area contributed by atoms with Crippen LogP contribution >= 0.6 is 23.2 Å². The lowest BCUT2D eigenvalue weighted by molar-refractivity contribution is -0.0558. The number of nitrogens with zero attached hydrogens (tertiary/aromatic N) is 1. The molecule has 0 N–H and O–H groups in total. The first-order valence-corrected chi connectivity index (χ1v) is 12.6. The topological polar surface area (TPSA) is 40.2 Å². The largest absolute Gasteiger partial charge is 0.492 e.